The van der Waals surface area contributed by atoms with Crippen molar-refractivity contribution in [3.05, 3.63) is 47.1 Å². The number of ether oxygens (including phenoxy) is 4. The van der Waals surface area contributed by atoms with E-state index in [4.69, 9.17) is 18.9 Å². The fourth-order valence-electron chi connectivity index (χ4n) is 4.56. The van der Waals surface area contributed by atoms with E-state index in [-0.39, 0.29) is 48.5 Å². The summed E-state index contributed by atoms with van der Waals surface area (Å²) >= 11 is 0. The van der Waals surface area contributed by atoms with E-state index in [2.05, 4.69) is 19.1 Å². The normalized spacial score (nSPS) is 30.4. The maximum atomic E-state index is 13.2. The summed E-state index contributed by atoms with van der Waals surface area (Å²) in [5, 5.41) is 0. The third kappa shape index (κ3) is 7.67. The van der Waals surface area contributed by atoms with Gasteiger partial charge in [0.1, 0.15) is 21.7 Å². The monoisotopic (exact) mass is 520 g/mol. The van der Waals surface area contributed by atoms with Crippen LogP contribution < -0.4 is 4.74 Å². The van der Waals surface area contributed by atoms with Crippen molar-refractivity contribution < 1.29 is 32.2 Å². The second kappa shape index (κ2) is 11.5. The molecule has 2 aliphatic heterocycles. The summed E-state index contributed by atoms with van der Waals surface area (Å²) in [6.45, 7) is 12.0. The predicted molar refractivity (Wildman–Crippen MR) is 141 cm³/mol. The molecule has 0 bridgehead atoms. The smallest absolute Gasteiger partial charge is 0.339 e. The lowest BCUT2D eigenvalue weighted by Crippen LogP contribution is -2.29. The molecule has 2 unspecified atom stereocenters. The van der Waals surface area contributed by atoms with Crippen LogP contribution >= 0.6 is 0 Å². The van der Waals surface area contributed by atoms with Crippen molar-refractivity contribution in [2.24, 2.45) is 11.8 Å². The van der Waals surface area contributed by atoms with Crippen molar-refractivity contribution in [1.82, 2.24) is 0 Å². The van der Waals surface area contributed by atoms with E-state index < -0.39 is 15.6 Å². The summed E-state index contributed by atoms with van der Waals surface area (Å²) < 4.78 is 46.9. The molecular formula is C28H40O7S. The average Bonchev–Trinajstić information content (AvgIpc) is 3.07. The summed E-state index contributed by atoms with van der Waals surface area (Å²) in [6, 6.07) is 3.59. The molecule has 0 aliphatic carbocycles. The van der Waals surface area contributed by atoms with E-state index in [9.17, 15) is 13.2 Å². The summed E-state index contributed by atoms with van der Waals surface area (Å²) in [5.41, 5.74) is 1.91. The van der Waals surface area contributed by atoms with Crippen molar-refractivity contribution in [2.45, 2.75) is 78.5 Å². The Balaban J connectivity index is 1.93. The number of aryl methyl sites for hydroxylation is 1. The third-order valence-corrected chi connectivity index (χ3v) is 7.66. The van der Waals surface area contributed by atoms with Crippen LogP contribution in [0.3, 0.4) is 0 Å². The Kier molecular flexibility index (Phi) is 9.06. The van der Waals surface area contributed by atoms with E-state index >= 15 is 0 Å². The van der Waals surface area contributed by atoms with Gasteiger partial charge in [-0.05, 0) is 63.8 Å². The number of sulfone groups is 1. The predicted octanol–water partition coefficient (Wildman–Crippen LogP) is 5.12. The van der Waals surface area contributed by atoms with Gasteiger partial charge in [0.15, 0.2) is 5.79 Å². The minimum Gasteiger partial charge on any atom is -0.494 e. The molecule has 8 heteroatoms. The molecule has 1 saturated heterocycles. The Morgan fingerprint density at radius 1 is 1.08 bits per heavy atom. The second-order valence-corrected chi connectivity index (χ2v) is 12.8. The van der Waals surface area contributed by atoms with Gasteiger partial charge in [-0.3, -0.25) is 0 Å². The minimum absolute atomic E-state index is 0.0184. The summed E-state index contributed by atoms with van der Waals surface area (Å²) in [7, 11) is -3.05. The highest BCUT2D eigenvalue weighted by atomic mass is 32.2. The van der Waals surface area contributed by atoms with Crippen LogP contribution in [0, 0.1) is 18.8 Å². The Bertz CT molecular complexity index is 1100. The highest BCUT2D eigenvalue weighted by molar-refractivity contribution is 7.90. The largest absolute Gasteiger partial charge is 0.494 e. The maximum absolute atomic E-state index is 13.2. The molecule has 1 aromatic rings. The Hall–Kier alpha value is -2.16. The number of benzene rings is 1. The lowest BCUT2D eigenvalue weighted by atomic mass is 9.94. The van der Waals surface area contributed by atoms with Gasteiger partial charge >= 0.3 is 5.97 Å². The zero-order valence-corrected chi connectivity index (χ0v) is 23.3. The molecular weight excluding hydrogens is 480 g/mol. The Morgan fingerprint density at radius 2 is 1.78 bits per heavy atom. The molecule has 36 heavy (non-hydrogen) atoms. The molecule has 3 rings (SSSR count). The fourth-order valence-corrected chi connectivity index (χ4v) is 5.20. The van der Waals surface area contributed by atoms with Gasteiger partial charge < -0.3 is 18.9 Å². The molecule has 0 amide bonds. The topological polar surface area (TPSA) is 88.1 Å². The standard InChI is InChI=1S/C28H40O7S/c1-18-12-13-19(2)26-24(34-28(5,6)35-26)11-8-10-22-17-23(32-14-9-15-36(7,30)31)16-20(3)25(22)27(29)33-21(18)4/h8,10,12-13,16-19,21,24,26H,9,11,14-15H2,1-7H3/b10-8+,13-12-/t18-,19?,21+,24+,26?/m1/s1. The van der Waals surface area contributed by atoms with Gasteiger partial charge in [0.05, 0.1) is 30.1 Å². The highest BCUT2D eigenvalue weighted by Crippen LogP contribution is 2.35. The van der Waals surface area contributed by atoms with E-state index in [1.165, 1.54) is 6.26 Å². The minimum atomic E-state index is -3.05. The number of cyclic esters (lactones) is 1. The molecule has 0 N–H and O–H groups in total. The quantitative estimate of drug-likeness (QED) is 0.302. The van der Waals surface area contributed by atoms with Crippen molar-refractivity contribution in [3.8, 4) is 5.75 Å². The molecule has 200 valence electrons. The maximum Gasteiger partial charge on any atom is 0.339 e. The molecule has 0 radical (unpaired) electrons. The van der Waals surface area contributed by atoms with E-state index in [0.717, 1.165) is 5.56 Å². The first-order valence-corrected chi connectivity index (χ1v) is 14.7. The summed E-state index contributed by atoms with van der Waals surface area (Å²) in [6.07, 6.45) is 9.78. The Labute approximate surface area is 215 Å². The van der Waals surface area contributed by atoms with Crippen LogP contribution in [0.4, 0.5) is 0 Å². The number of rotatable bonds is 5. The van der Waals surface area contributed by atoms with Gasteiger partial charge in [0, 0.05) is 18.1 Å². The first-order chi connectivity index (χ1) is 16.8. The van der Waals surface area contributed by atoms with Gasteiger partial charge in [-0.2, -0.15) is 0 Å². The molecule has 0 spiro atoms. The zero-order chi connectivity index (χ0) is 26.7. The van der Waals surface area contributed by atoms with E-state index in [0.29, 0.717) is 29.7 Å². The van der Waals surface area contributed by atoms with Crippen molar-refractivity contribution in [3.63, 3.8) is 0 Å². The van der Waals surface area contributed by atoms with Gasteiger partial charge in [-0.25, -0.2) is 13.2 Å². The van der Waals surface area contributed by atoms with Gasteiger partial charge in [0.25, 0.3) is 0 Å². The van der Waals surface area contributed by atoms with Crippen LogP contribution in [-0.2, 0) is 24.0 Å². The Morgan fingerprint density at radius 3 is 2.47 bits per heavy atom. The third-order valence-electron chi connectivity index (χ3n) is 6.63. The number of hydrogen-bond acceptors (Lipinski definition) is 7. The molecule has 5 atom stereocenters. The van der Waals surface area contributed by atoms with Crippen LogP contribution in [0.1, 0.15) is 68.9 Å². The van der Waals surface area contributed by atoms with Crippen LogP contribution in [0.15, 0.2) is 30.4 Å². The van der Waals surface area contributed by atoms with Gasteiger partial charge in [0.2, 0.25) is 0 Å². The van der Waals surface area contributed by atoms with E-state index in [1.807, 2.05) is 46.8 Å². The first-order valence-electron chi connectivity index (χ1n) is 12.6. The van der Waals surface area contributed by atoms with Crippen LogP contribution in [0.25, 0.3) is 6.08 Å². The average molecular weight is 521 g/mol. The molecule has 1 aromatic carbocycles. The van der Waals surface area contributed by atoms with Crippen LogP contribution in [-0.4, -0.2) is 57.1 Å². The number of fused-ring (bicyclic) bond motifs is 2. The molecule has 0 aromatic heterocycles. The highest BCUT2D eigenvalue weighted by Gasteiger charge is 2.42. The molecule has 2 heterocycles. The van der Waals surface area contributed by atoms with Gasteiger partial charge in [-0.1, -0.05) is 38.2 Å². The van der Waals surface area contributed by atoms with Gasteiger partial charge in [-0.15, -0.1) is 0 Å². The molecule has 7 nitrogen and oxygen atoms in total. The SMILES string of the molecule is Cc1cc(OCCCS(C)(=O)=O)cc2c1C(=O)O[C@@H](C)[C@H](C)/C=C\C(C)C1OC(C)(C)O[C@H]1C/C=C/2. The number of carbonyl (C=O) groups is 1. The summed E-state index contributed by atoms with van der Waals surface area (Å²) in [4.78, 5) is 13.2. The number of carbonyl (C=O) groups excluding carboxylic acids is 1. The number of hydrogen-bond donors (Lipinski definition) is 0. The number of esters is 1. The van der Waals surface area contributed by atoms with Crippen molar-refractivity contribution in [1.29, 1.82) is 0 Å². The lowest BCUT2D eigenvalue weighted by molar-refractivity contribution is -0.148. The van der Waals surface area contributed by atoms with E-state index in [1.54, 1.807) is 12.1 Å². The lowest BCUT2D eigenvalue weighted by Gasteiger charge is -2.23. The molecule has 2 aliphatic rings. The second-order valence-electron chi connectivity index (χ2n) is 10.5. The first kappa shape index (κ1) is 28.4. The molecule has 0 saturated carbocycles. The fraction of sp³-hybridized carbons (Fsp3) is 0.607. The van der Waals surface area contributed by atoms with Crippen molar-refractivity contribution in [2.75, 3.05) is 18.6 Å². The van der Waals surface area contributed by atoms with Crippen LogP contribution in [0.5, 0.6) is 5.75 Å². The van der Waals surface area contributed by atoms with Crippen molar-refractivity contribution >= 4 is 21.9 Å². The molecule has 1 fully saturated rings. The summed E-state index contributed by atoms with van der Waals surface area (Å²) in [5.74, 6) is -0.264. The zero-order valence-electron chi connectivity index (χ0n) is 22.4. The van der Waals surface area contributed by atoms with Crippen LogP contribution in [0.2, 0.25) is 0 Å².